The smallest absolute Gasteiger partial charge is 0.307 e. The number of hydrogen-bond donors (Lipinski definition) is 2. The predicted molar refractivity (Wildman–Crippen MR) is 134 cm³/mol. The molecule has 36 heavy (non-hydrogen) atoms. The highest BCUT2D eigenvalue weighted by molar-refractivity contribution is 6.51. The number of nitrogens with zero attached hydrogens (tertiary/aromatic N) is 1. The summed E-state index contributed by atoms with van der Waals surface area (Å²) in [5, 5.41) is 20.7. The minimum atomic E-state index is -1.02. The van der Waals surface area contributed by atoms with Crippen molar-refractivity contribution >= 4 is 40.7 Å². The van der Waals surface area contributed by atoms with Crippen molar-refractivity contribution in [1.29, 1.82) is 0 Å². The number of hydrogen-bond acceptors (Lipinski definition) is 6. The van der Waals surface area contributed by atoms with E-state index in [-0.39, 0.29) is 23.3 Å². The lowest BCUT2D eigenvalue weighted by Gasteiger charge is -2.26. The molecule has 9 heteroatoms. The highest BCUT2D eigenvalue weighted by atomic mass is 35.5. The highest BCUT2D eigenvalue weighted by Gasteiger charge is 2.48. The van der Waals surface area contributed by atoms with E-state index in [2.05, 4.69) is 0 Å². The van der Waals surface area contributed by atoms with Crippen LogP contribution in [0.4, 0.5) is 5.69 Å². The first-order valence-electron chi connectivity index (χ1n) is 10.8. The molecule has 1 amide bonds. The van der Waals surface area contributed by atoms with Crippen molar-refractivity contribution in [2.45, 2.75) is 12.5 Å². The van der Waals surface area contributed by atoms with Crippen molar-refractivity contribution in [3.8, 4) is 11.5 Å². The Morgan fingerprint density at radius 2 is 1.61 bits per heavy atom. The number of aliphatic hydroxyl groups excluding tert-OH is 1. The van der Waals surface area contributed by atoms with Crippen LogP contribution in [0.5, 0.6) is 11.5 Å². The van der Waals surface area contributed by atoms with Crippen LogP contribution < -0.4 is 14.4 Å². The van der Waals surface area contributed by atoms with Crippen molar-refractivity contribution in [1.82, 2.24) is 0 Å². The summed E-state index contributed by atoms with van der Waals surface area (Å²) in [6.45, 7) is 0. The maximum Gasteiger partial charge on any atom is 0.307 e. The molecule has 1 aliphatic heterocycles. The third-order valence-electron chi connectivity index (χ3n) is 5.87. The number of para-hydroxylation sites is 1. The Hall–Kier alpha value is -4.30. The van der Waals surface area contributed by atoms with Gasteiger partial charge in [-0.1, -0.05) is 41.9 Å². The zero-order valence-corrected chi connectivity index (χ0v) is 20.2. The molecular weight excluding hydrogens is 486 g/mol. The van der Waals surface area contributed by atoms with E-state index in [0.717, 1.165) is 0 Å². The van der Waals surface area contributed by atoms with Crippen molar-refractivity contribution < 1.29 is 34.1 Å². The fourth-order valence-corrected chi connectivity index (χ4v) is 4.39. The van der Waals surface area contributed by atoms with E-state index < -0.39 is 29.5 Å². The predicted octanol–water partition coefficient (Wildman–Crippen LogP) is 4.61. The van der Waals surface area contributed by atoms with E-state index >= 15 is 0 Å². The number of rotatable bonds is 7. The lowest BCUT2D eigenvalue weighted by atomic mass is 9.94. The standard InChI is InChI=1S/C27H22ClNO7/c1-35-20-6-4-3-5-18(20)24-23(25(32)16-9-12-19(28)21(14-16)36-2)26(33)27(34)29(24)17-10-7-15(8-11-17)13-22(30)31/h3-12,14,24,32H,13H2,1-2H3,(H,30,31)/b25-23+. The summed E-state index contributed by atoms with van der Waals surface area (Å²) < 4.78 is 10.7. The first kappa shape index (κ1) is 24.8. The fraction of sp³-hybridized carbons (Fsp3) is 0.148. The van der Waals surface area contributed by atoms with Gasteiger partial charge in [0.1, 0.15) is 17.3 Å². The number of anilines is 1. The van der Waals surface area contributed by atoms with E-state index in [0.29, 0.717) is 27.6 Å². The second kappa shape index (κ2) is 10.1. The van der Waals surface area contributed by atoms with Crippen LogP contribution in [0.3, 0.4) is 0 Å². The van der Waals surface area contributed by atoms with Crippen LogP contribution in [0.25, 0.3) is 5.76 Å². The van der Waals surface area contributed by atoms with Gasteiger partial charge in [0.05, 0.1) is 37.3 Å². The molecule has 0 bridgehead atoms. The number of carboxylic acids is 1. The van der Waals surface area contributed by atoms with E-state index in [1.54, 1.807) is 48.5 Å². The Labute approximate surface area is 211 Å². The van der Waals surface area contributed by atoms with Gasteiger partial charge in [0.15, 0.2) is 0 Å². The van der Waals surface area contributed by atoms with Crippen molar-refractivity contribution in [2.24, 2.45) is 0 Å². The van der Waals surface area contributed by atoms with Gasteiger partial charge in [-0.2, -0.15) is 0 Å². The number of methoxy groups -OCH3 is 2. The lowest BCUT2D eigenvalue weighted by Crippen LogP contribution is -2.29. The Kier molecular flexibility index (Phi) is 6.98. The van der Waals surface area contributed by atoms with Gasteiger partial charge in [0.25, 0.3) is 11.7 Å². The SMILES string of the molecule is COc1cc(/C(O)=C2\C(=O)C(=O)N(c3ccc(CC(=O)O)cc3)C2c2ccccc2OC)ccc1Cl. The number of amides is 1. The minimum absolute atomic E-state index is 0.136. The molecule has 1 heterocycles. The summed E-state index contributed by atoms with van der Waals surface area (Å²) in [6.07, 6.45) is -0.187. The lowest BCUT2D eigenvalue weighted by molar-refractivity contribution is -0.136. The molecule has 0 aliphatic carbocycles. The molecule has 0 saturated carbocycles. The number of carboxylic acid groups (broad SMARTS) is 1. The van der Waals surface area contributed by atoms with Gasteiger partial charge >= 0.3 is 5.97 Å². The number of halogens is 1. The maximum atomic E-state index is 13.3. The van der Waals surface area contributed by atoms with Crippen LogP contribution in [-0.4, -0.2) is 42.1 Å². The van der Waals surface area contributed by atoms with Crippen LogP contribution >= 0.6 is 11.6 Å². The normalized spacial score (nSPS) is 16.8. The Morgan fingerprint density at radius 3 is 2.25 bits per heavy atom. The molecular formula is C27H22ClNO7. The van der Waals surface area contributed by atoms with Crippen LogP contribution in [-0.2, 0) is 20.8 Å². The number of aliphatic carboxylic acids is 1. The maximum absolute atomic E-state index is 13.3. The van der Waals surface area contributed by atoms with Gasteiger partial charge in [-0.15, -0.1) is 0 Å². The van der Waals surface area contributed by atoms with Crippen LogP contribution in [0.1, 0.15) is 22.7 Å². The monoisotopic (exact) mass is 507 g/mol. The summed E-state index contributed by atoms with van der Waals surface area (Å²) >= 11 is 6.12. The summed E-state index contributed by atoms with van der Waals surface area (Å²) in [7, 11) is 2.89. The summed E-state index contributed by atoms with van der Waals surface area (Å²) in [6, 6.07) is 16.7. The molecule has 2 N–H and O–H groups in total. The molecule has 3 aromatic carbocycles. The molecule has 1 saturated heterocycles. The number of carbonyl (C=O) groups is 3. The topological polar surface area (TPSA) is 113 Å². The molecule has 184 valence electrons. The molecule has 1 atom stereocenters. The molecule has 0 spiro atoms. The van der Waals surface area contributed by atoms with E-state index in [4.69, 9.17) is 26.2 Å². The molecule has 8 nitrogen and oxygen atoms in total. The summed E-state index contributed by atoms with van der Waals surface area (Å²) in [5.74, 6) is -2.42. The van der Waals surface area contributed by atoms with E-state index in [9.17, 15) is 19.5 Å². The summed E-state index contributed by atoms with van der Waals surface area (Å²) in [5.41, 5.74) is 1.48. The van der Waals surface area contributed by atoms with E-state index in [1.807, 2.05) is 0 Å². The third-order valence-corrected chi connectivity index (χ3v) is 6.18. The number of ether oxygens (including phenoxy) is 2. The zero-order chi connectivity index (χ0) is 26.0. The average Bonchev–Trinajstić information content (AvgIpc) is 3.14. The molecule has 3 aromatic rings. The minimum Gasteiger partial charge on any atom is -0.507 e. The molecule has 0 radical (unpaired) electrons. The Balaban J connectivity index is 1.93. The number of aliphatic hydroxyl groups is 1. The largest absolute Gasteiger partial charge is 0.507 e. The van der Waals surface area contributed by atoms with Gasteiger partial charge in [-0.05, 0) is 42.0 Å². The van der Waals surface area contributed by atoms with Gasteiger partial charge in [0.2, 0.25) is 0 Å². The first-order valence-corrected chi connectivity index (χ1v) is 11.2. The van der Waals surface area contributed by atoms with E-state index in [1.165, 1.54) is 37.3 Å². The second-order valence-corrected chi connectivity index (χ2v) is 8.40. The second-order valence-electron chi connectivity index (χ2n) is 8.00. The zero-order valence-electron chi connectivity index (χ0n) is 19.4. The molecule has 1 fully saturated rings. The van der Waals surface area contributed by atoms with Crippen molar-refractivity contribution in [3.05, 3.63) is 94.0 Å². The van der Waals surface area contributed by atoms with Crippen LogP contribution in [0, 0.1) is 0 Å². The fourth-order valence-electron chi connectivity index (χ4n) is 4.20. The number of benzene rings is 3. The number of Topliss-reactive ketones (excluding diaryl/α,β-unsaturated/α-hetero) is 1. The van der Waals surface area contributed by atoms with Crippen LogP contribution in [0.15, 0.2) is 72.3 Å². The Morgan fingerprint density at radius 1 is 0.944 bits per heavy atom. The van der Waals surface area contributed by atoms with Gasteiger partial charge in [0, 0.05) is 16.8 Å². The highest BCUT2D eigenvalue weighted by Crippen LogP contribution is 2.45. The van der Waals surface area contributed by atoms with Crippen molar-refractivity contribution in [3.63, 3.8) is 0 Å². The van der Waals surface area contributed by atoms with Gasteiger partial charge in [-0.25, -0.2) is 0 Å². The molecule has 0 aromatic heterocycles. The first-order chi connectivity index (χ1) is 17.3. The van der Waals surface area contributed by atoms with Crippen molar-refractivity contribution in [2.75, 3.05) is 19.1 Å². The van der Waals surface area contributed by atoms with Gasteiger partial charge < -0.3 is 19.7 Å². The number of carbonyl (C=O) groups excluding carboxylic acids is 2. The molecule has 1 unspecified atom stereocenters. The summed E-state index contributed by atoms with van der Waals surface area (Å²) in [4.78, 5) is 39.0. The third kappa shape index (κ3) is 4.50. The average molecular weight is 508 g/mol. The number of ketones is 1. The Bertz CT molecular complexity index is 1380. The quantitative estimate of drug-likeness (QED) is 0.273. The van der Waals surface area contributed by atoms with Crippen LogP contribution in [0.2, 0.25) is 5.02 Å². The molecule has 1 aliphatic rings. The molecule has 4 rings (SSSR count). The van der Waals surface area contributed by atoms with Gasteiger partial charge in [-0.3, -0.25) is 19.3 Å².